The summed E-state index contributed by atoms with van der Waals surface area (Å²) < 4.78 is 19.5. The molecule has 0 unspecified atom stereocenters. The number of benzene rings is 2. The van der Waals surface area contributed by atoms with Crippen LogP contribution in [0.15, 0.2) is 60.9 Å². The number of nitrogens with one attached hydrogen (secondary N) is 1. The average molecular weight is 367 g/mol. The molecule has 0 spiro atoms. The zero-order valence-corrected chi connectivity index (χ0v) is 15.1. The third-order valence-corrected chi connectivity index (χ3v) is 4.02. The number of aliphatic hydroxyl groups excluding tert-OH is 1. The van der Waals surface area contributed by atoms with Crippen molar-refractivity contribution in [2.75, 3.05) is 18.5 Å². The summed E-state index contributed by atoms with van der Waals surface area (Å²) in [5, 5.41) is 13.3. The lowest BCUT2D eigenvalue weighted by Gasteiger charge is -2.13. The second-order valence-electron chi connectivity index (χ2n) is 6.09. The van der Waals surface area contributed by atoms with Gasteiger partial charge in [0, 0.05) is 18.2 Å². The van der Waals surface area contributed by atoms with Gasteiger partial charge in [-0.3, -0.25) is 0 Å². The minimum absolute atomic E-state index is 0.235. The normalized spacial score (nSPS) is 11.8. The van der Waals surface area contributed by atoms with E-state index in [4.69, 9.17) is 4.74 Å². The van der Waals surface area contributed by atoms with Crippen molar-refractivity contribution in [2.45, 2.75) is 19.4 Å². The van der Waals surface area contributed by atoms with Crippen LogP contribution in [-0.4, -0.2) is 28.2 Å². The van der Waals surface area contributed by atoms with Gasteiger partial charge < -0.3 is 15.2 Å². The molecule has 1 heterocycles. The predicted molar refractivity (Wildman–Crippen MR) is 103 cm³/mol. The third kappa shape index (κ3) is 5.01. The van der Waals surface area contributed by atoms with Crippen LogP contribution >= 0.6 is 0 Å². The maximum absolute atomic E-state index is 14.2. The molecule has 0 fully saturated rings. The van der Waals surface area contributed by atoms with Crippen molar-refractivity contribution < 1.29 is 14.2 Å². The average Bonchev–Trinajstić information content (AvgIpc) is 2.72. The number of aliphatic hydroxyl groups is 1. The fourth-order valence-corrected chi connectivity index (χ4v) is 2.60. The van der Waals surface area contributed by atoms with Gasteiger partial charge in [0.2, 0.25) is 0 Å². The molecule has 140 valence electrons. The molecule has 1 atom stereocenters. The van der Waals surface area contributed by atoms with Gasteiger partial charge in [0.15, 0.2) is 11.6 Å². The molecule has 0 saturated heterocycles. The maximum atomic E-state index is 14.2. The monoisotopic (exact) mass is 367 g/mol. The molecule has 0 radical (unpaired) electrons. The molecule has 1 aromatic heterocycles. The summed E-state index contributed by atoms with van der Waals surface area (Å²) in [6.07, 6.45) is 1.57. The summed E-state index contributed by atoms with van der Waals surface area (Å²) in [4.78, 5) is 8.37. The molecule has 2 N–H and O–H groups in total. The van der Waals surface area contributed by atoms with E-state index in [1.54, 1.807) is 18.2 Å². The number of rotatable bonds is 8. The van der Waals surface area contributed by atoms with Gasteiger partial charge in [-0.2, -0.15) is 0 Å². The van der Waals surface area contributed by atoms with Gasteiger partial charge in [-0.25, -0.2) is 14.4 Å². The van der Waals surface area contributed by atoms with Crippen LogP contribution in [0.5, 0.6) is 5.75 Å². The van der Waals surface area contributed by atoms with Crippen molar-refractivity contribution in [3.05, 3.63) is 72.3 Å². The van der Waals surface area contributed by atoms with Crippen molar-refractivity contribution in [3.8, 4) is 17.0 Å². The minimum Gasteiger partial charge on any atom is -0.491 e. The molecule has 6 heteroatoms. The first-order valence-electron chi connectivity index (χ1n) is 8.89. The number of ether oxygens (including phenoxy) is 1. The number of nitrogens with zero attached hydrogens (tertiary/aromatic N) is 2. The molecule has 0 amide bonds. The summed E-state index contributed by atoms with van der Waals surface area (Å²) >= 11 is 0. The first-order valence-corrected chi connectivity index (χ1v) is 8.89. The molecule has 5 nitrogen and oxygen atoms in total. The Balaban J connectivity index is 1.69. The molecule has 27 heavy (non-hydrogen) atoms. The molecule has 0 saturated carbocycles. The molecule has 3 aromatic rings. The SMILES string of the molecule is CCCOc1ccc(-c2cc(NC[C@H](O)c3ccccc3)ncn2)cc1F. The maximum Gasteiger partial charge on any atom is 0.165 e. The molecule has 0 aliphatic carbocycles. The summed E-state index contributed by atoms with van der Waals surface area (Å²) in [5.74, 6) is 0.370. The lowest BCUT2D eigenvalue weighted by atomic mass is 10.1. The lowest BCUT2D eigenvalue weighted by molar-refractivity contribution is 0.191. The number of halogens is 1. The fourth-order valence-electron chi connectivity index (χ4n) is 2.60. The molecular weight excluding hydrogens is 345 g/mol. The molecular formula is C21H22FN3O2. The Bertz CT molecular complexity index is 874. The highest BCUT2D eigenvalue weighted by molar-refractivity contribution is 5.63. The van der Waals surface area contributed by atoms with Crippen LogP contribution in [0.2, 0.25) is 0 Å². The Labute approximate surface area is 157 Å². The smallest absolute Gasteiger partial charge is 0.165 e. The number of aromatic nitrogens is 2. The molecule has 3 rings (SSSR count). The van der Waals surface area contributed by atoms with Gasteiger partial charge in [-0.05, 0) is 30.2 Å². The highest BCUT2D eigenvalue weighted by atomic mass is 19.1. The van der Waals surface area contributed by atoms with Crippen LogP contribution in [0.25, 0.3) is 11.3 Å². The topological polar surface area (TPSA) is 67.3 Å². The van der Waals surface area contributed by atoms with Crippen LogP contribution < -0.4 is 10.1 Å². The first-order chi connectivity index (χ1) is 13.2. The van der Waals surface area contributed by atoms with Crippen molar-refractivity contribution in [1.82, 2.24) is 9.97 Å². The van der Waals surface area contributed by atoms with E-state index in [2.05, 4.69) is 15.3 Å². The number of anilines is 1. The predicted octanol–water partition coefficient (Wildman–Crippen LogP) is 4.22. The van der Waals surface area contributed by atoms with Gasteiger partial charge in [-0.1, -0.05) is 37.3 Å². The fraction of sp³-hybridized carbons (Fsp3) is 0.238. The van der Waals surface area contributed by atoms with E-state index in [0.29, 0.717) is 30.2 Å². The largest absolute Gasteiger partial charge is 0.491 e. The number of hydrogen-bond acceptors (Lipinski definition) is 5. The first kappa shape index (κ1) is 18.8. The number of hydrogen-bond donors (Lipinski definition) is 2. The Morgan fingerprint density at radius 2 is 1.93 bits per heavy atom. The van der Waals surface area contributed by atoms with Gasteiger partial charge >= 0.3 is 0 Å². The van der Waals surface area contributed by atoms with Crippen molar-refractivity contribution in [3.63, 3.8) is 0 Å². The van der Waals surface area contributed by atoms with Gasteiger partial charge in [0.25, 0.3) is 0 Å². The lowest BCUT2D eigenvalue weighted by Crippen LogP contribution is -2.13. The van der Waals surface area contributed by atoms with Crippen LogP contribution in [-0.2, 0) is 0 Å². The molecule has 0 bridgehead atoms. The molecule has 0 aliphatic rings. The van der Waals surface area contributed by atoms with E-state index in [0.717, 1.165) is 12.0 Å². The van der Waals surface area contributed by atoms with Crippen LogP contribution in [0.4, 0.5) is 10.2 Å². The molecule has 2 aromatic carbocycles. The summed E-state index contributed by atoms with van der Waals surface area (Å²) in [5.41, 5.74) is 2.04. The van der Waals surface area contributed by atoms with Crippen molar-refractivity contribution in [2.24, 2.45) is 0 Å². The minimum atomic E-state index is -0.656. The van der Waals surface area contributed by atoms with Gasteiger partial charge in [-0.15, -0.1) is 0 Å². The summed E-state index contributed by atoms with van der Waals surface area (Å²) in [6, 6.07) is 15.9. The van der Waals surface area contributed by atoms with E-state index < -0.39 is 11.9 Å². The van der Waals surface area contributed by atoms with E-state index in [-0.39, 0.29) is 5.75 Å². The van der Waals surface area contributed by atoms with E-state index >= 15 is 0 Å². The van der Waals surface area contributed by atoms with E-state index in [1.165, 1.54) is 12.4 Å². The van der Waals surface area contributed by atoms with Gasteiger partial charge in [0.05, 0.1) is 18.4 Å². The Morgan fingerprint density at radius 1 is 1.11 bits per heavy atom. The van der Waals surface area contributed by atoms with Crippen LogP contribution in [0.3, 0.4) is 0 Å². The van der Waals surface area contributed by atoms with E-state index in [9.17, 15) is 9.50 Å². The van der Waals surface area contributed by atoms with Crippen molar-refractivity contribution in [1.29, 1.82) is 0 Å². The Morgan fingerprint density at radius 3 is 2.67 bits per heavy atom. The summed E-state index contributed by atoms with van der Waals surface area (Å²) in [6.45, 7) is 2.75. The Kier molecular flexibility index (Phi) is 6.33. The van der Waals surface area contributed by atoms with Crippen molar-refractivity contribution >= 4 is 5.82 Å². The van der Waals surface area contributed by atoms with E-state index in [1.807, 2.05) is 37.3 Å². The second kappa shape index (κ2) is 9.09. The zero-order chi connectivity index (χ0) is 19.1. The van der Waals surface area contributed by atoms with Crippen LogP contribution in [0, 0.1) is 5.82 Å². The third-order valence-electron chi connectivity index (χ3n) is 4.02. The Hall–Kier alpha value is -2.99. The summed E-state index contributed by atoms with van der Waals surface area (Å²) in [7, 11) is 0. The quantitative estimate of drug-likeness (QED) is 0.624. The zero-order valence-electron chi connectivity index (χ0n) is 15.1. The standard InChI is InChI=1S/C21H22FN3O2/c1-2-10-27-20-9-8-16(11-17(20)22)18-12-21(25-14-24-18)23-13-19(26)15-6-4-3-5-7-15/h3-9,11-12,14,19,26H,2,10,13H2,1H3,(H,23,24,25)/t19-/m0/s1. The van der Waals surface area contributed by atoms with Gasteiger partial charge in [0.1, 0.15) is 12.1 Å². The van der Waals surface area contributed by atoms with Crippen LogP contribution in [0.1, 0.15) is 25.0 Å². The second-order valence-corrected chi connectivity index (χ2v) is 6.09. The molecule has 0 aliphatic heterocycles. The highest BCUT2D eigenvalue weighted by Gasteiger charge is 2.10. The highest BCUT2D eigenvalue weighted by Crippen LogP contribution is 2.25.